The van der Waals surface area contributed by atoms with E-state index in [1.807, 2.05) is 19.1 Å². The molecule has 0 saturated heterocycles. The quantitative estimate of drug-likeness (QED) is 0.652. The van der Waals surface area contributed by atoms with Gasteiger partial charge in [-0.2, -0.15) is 5.10 Å². The number of aromatic nitrogens is 2. The Hall–Kier alpha value is -0.540. The summed E-state index contributed by atoms with van der Waals surface area (Å²) in [7, 11) is 0. The first-order valence-corrected chi connectivity index (χ1v) is 4.65. The Bertz CT molecular complexity index is 436. The molecule has 4 heteroatoms. The largest absolute Gasteiger partial charge is 0.221 e. The standard InChI is InChI=1S/C8H6BrClN2/c1-5-2-3-7-6(9)4-11-12(7)8(5)10/h2-4H,1H3. The van der Waals surface area contributed by atoms with Gasteiger partial charge in [-0.15, -0.1) is 0 Å². The van der Waals surface area contributed by atoms with Gasteiger partial charge in [0, 0.05) is 0 Å². The van der Waals surface area contributed by atoms with Gasteiger partial charge in [-0.05, 0) is 34.5 Å². The van der Waals surface area contributed by atoms with Gasteiger partial charge in [0.15, 0.2) is 0 Å². The third-order valence-electron chi connectivity index (χ3n) is 1.76. The smallest absolute Gasteiger partial charge is 0.134 e. The summed E-state index contributed by atoms with van der Waals surface area (Å²) in [5, 5.41) is 4.78. The van der Waals surface area contributed by atoms with E-state index in [-0.39, 0.29) is 0 Å². The van der Waals surface area contributed by atoms with Gasteiger partial charge >= 0.3 is 0 Å². The first-order valence-electron chi connectivity index (χ1n) is 3.48. The Balaban J connectivity index is 2.93. The lowest BCUT2D eigenvalue weighted by Gasteiger charge is -1.99. The number of hydrogen-bond acceptors (Lipinski definition) is 1. The van der Waals surface area contributed by atoms with Crippen molar-refractivity contribution < 1.29 is 0 Å². The highest BCUT2D eigenvalue weighted by molar-refractivity contribution is 9.10. The van der Waals surface area contributed by atoms with E-state index in [0.717, 1.165) is 15.6 Å². The Kier molecular flexibility index (Phi) is 1.85. The van der Waals surface area contributed by atoms with Gasteiger partial charge in [0.2, 0.25) is 0 Å². The maximum atomic E-state index is 6.02. The molecule has 2 nitrogen and oxygen atoms in total. The number of pyridine rings is 1. The minimum atomic E-state index is 0.665. The van der Waals surface area contributed by atoms with E-state index < -0.39 is 0 Å². The van der Waals surface area contributed by atoms with Crippen molar-refractivity contribution in [2.24, 2.45) is 0 Å². The molecular formula is C8H6BrClN2. The fraction of sp³-hybridized carbons (Fsp3) is 0.125. The van der Waals surface area contributed by atoms with E-state index in [4.69, 9.17) is 11.6 Å². The molecule has 0 spiro atoms. The predicted molar refractivity (Wildman–Crippen MR) is 52.6 cm³/mol. The molecule has 12 heavy (non-hydrogen) atoms. The lowest BCUT2D eigenvalue weighted by Crippen LogP contribution is -1.90. The maximum Gasteiger partial charge on any atom is 0.134 e. The van der Waals surface area contributed by atoms with E-state index in [1.165, 1.54) is 0 Å². The van der Waals surface area contributed by atoms with Gasteiger partial charge in [-0.1, -0.05) is 17.7 Å². The summed E-state index contributed by atoms with van der Waals surface area (Å²) in [6.45, 7) is 1.96. The van der Waals surface area contributed by atoms with Crippen LogP contribution in [-0.4, -0.2) is 9.61 Å². The van der Waals surface area contributed by atoms with Crippen molar-refractivity contribution in [2.75, 3.05) is 0 Å². The van der Waals surface area contributed by atoms with Crippen LogP contribution in [0.15, 0.2) is 22.8 Å². The second-order valence-corrected chi connectivity index (χ2v) is 3.81. The van der Waals surface area contributed by atoms with Gasteiger partial charge in [-0.3, -0.25) is 0 Å². The molecular weight excluding hydrogens is 239 g/mol. The molecule has 0 unspecified atom stereocenters. The van der Waals surface area contributed by atoms with Crippen molar-refractivity contribution in [1.82, 2.24) is 9.61 Å². The Morgan fingerprint density at radius 1 is 1.50 bits per heavy atom. The summed E-state index contributed by atoms with van der Waals surface area (Å²) in [6, 6.07) is 3.96. The van der Waals surface area contributed by atoms with Crippen molar-refractivity contribution >= 4 is 33.0 Å². The molecule has 62 valence electrons. The van der Waals surface area contributed by atoms with Crippen molar-refractivity contribution in [3.8, 4) is 0 Å². The molecule has 0 aliphatic rings. The second-order valence-electron chi connectivity index (χ2n) is 2.60. The maximum absolute atomic E-state index is 6.02. The minimum Gasteiger partial charge on any atom is -0.221 e. The first kappa shape index (κ1) is 8.08. The first-order chi connectivity index (χ1) is 5.70. The van der Waals surface area contributed by atoms with Gasteiger partial charge in [0.1, 0.15) is 5.15 Å². The molecule has 0 atom stereocenters. The van der Waals surface area contributed by atoms with Crippen LogP contribution >= 0.6 is 27.5 Å². The molecule has 2 aromatic rings. The van der Waals surface area contributed by atoms with Gasteiger partial charge in [0.05, 0.1) is 16.2 Å². The molecule has 0 fully saturated rings. The number of rotatable bonds is 0. The van der Waals surface area contributed by atoms with Crippen LogP contribution in [0.1, 0.15) is 5.56 Å². The normalized spacial score (nSPS) is 10.9. The van der Waals surface area contributed by atoms with Crippen LogP contribution in [0.5, 0.6) is 0 Å². The summed E-state index contributed by atoms with van der Waals surface area (Å²) in [5.74, 6) is 0. The van der Waals surface area contributed by atoms with Crippen molar-refractivity contribution in [2.45, 2.75) is 6.92 Å². The number of hydrogen-bond donors (Lipinski definition) is 0. The lowest BCUT2D eigenvalue weighted by atomic mass is 10.3. The third-order valence-corrected chi connectivity index (χ3v) is 2.83. The third kappa shape index (κ3) is 1.04. The van der Waals surface area contributed by atoms with E-state index in [0.29, 0.717) is 5.15 Å². The van der Waals surface area contributed by atoms with E-state index in [2.05, 4.69) is 21.0 Å². The topological polar surface area (TPSA) is 17.3 Å². The van der Waals surface area contributed by atoms with Crippen LogP contribution in [0.3, 0.4) is 0 Å². The summed E-state index contributed by atoms with van der Waals surface area (Å²) in [5.41, 5.74) is 2.02. The number of aryl methyl sites for hydroxylation is 1. The van der Waals surface area contributed by atoms with Gasteiger partial charge in [0.25, 0.3) is 0 Å². The molecule has 2 rings (SSSR count). The average Bonchev–Trinajstić information content (AvgIpc) is 2.41. The number of halogens is 2. The predicted octanol–water partition coefficient (Wildman–Crippen LogP) is 3.06. The molecule has 0 N–H and O–H groups in total. The summed E-state index contributed by atoms with van der Waals surface area (Å²) in [4.78, 5) is 0. The summed E-state index contributed by atoms with van der Waals surface area (Å²) < 4.78 is 2.67. The summed E-state index contributed by atoms with van der Waals surface area (Å²) in [6.07, 6.45) is 1.74. The Morgan fingerprint density at radius 3 is 3.00 bits per heavy atom. The van der Waals surface area contributed by atoms with Crippen LogP contribution in [0.4, 0.5) is 0 Å². The van der Waals surface area contributed by atoms with Crippen molar-refractivity contribution in [3.05, 3.63) is 33.5 Å². The monoisotopic (exact) mass is 244 g/mol. The SMILES string of the molecule is Cc1ccc2c(Br)cnn2c1Cl. The molecule has 2 heterocycles. The van der Waals surface area contributed by atoms with E-state index in [1.54, 1.807) is 10.7 Å². The van der Waals surface area contributed by atoms with Crippen LogP contribution in [0.25, 0.3) is 5.52 Å². The number of nitrogens with zero attached hydrogens (tertiary/aromatic N) is 2. The Morgan fingerprint density at radius 2 is 2.25 bits per heavy atom. The number of fused-ring (bicyclic) bond motifs is 1. The molecule has 2 aromatic heterocycles. The van der Waals surface area contributed by atoms with Crippen LogP contribution < -0.4 is 0 Å². The molecule has 0 saturated carbocycles. The van der Waals surface area contributed by atoms with Gasteiger partial charge in [-0.25, -0.2) is 4.52 Å². The zero-order valence-electron chi connectivity index (χ0n) is 6.38. The molecule has 0 bridgehead atoms. The van der Waals surface area contributed by atoms with E-state index >= 15 is 0 Å². The Labute approximate surface area is 83.3 Å². The fourth-order valence-electron chi connectivity index (χ4n) is 1.08. The molecule has 0 aromatic carbocycles. The molecule has 0 amide bonds. The zero-order valence-corrected chi connectivity index (χ0v) is 8.72. The highest BCUT2D eigenvalue weighted by Gasteiger charge is 2.05. The zero-order chi connectivity index (χ0) is 8.72. The lowest BCUT2D eigenvalue weighted by molar-refractivity contribution is 0.952. The average molecular weight is 246 g/mol. The summed E-state index contributed by atoms with van der Waals surface area (Å²) >= 11 is 9.40. The molecule has 0 aliphatic carbocycles. The molecule has 0 radical (unpaired) electrons. The fourth-order valence-corrected chi connectivity index (χ4v) is 1.67. The van der Waals surface area contributed by atoms with Crippen LogP contribution in [0.2, 0.25) is 5.15 Å². The second kappa shape index (κ2) is 2.75. The minimum absolute atomic E-state index is 0.665. The van der Waals surface area contributed by atoms with Gasteiger partial charge < -0.3 is 0 Å². The van der Waals surface area contributed by atoms with Crippen LogP contribution in [-0.2, 0) is 0 Å². The highest BCUT2D eigenvalue weighted by Crippen LogP contribution is 2.22. The molecule has 0 aliphatic heterocycles. The highest BCUT2D eigenvalue weighted by atomic mass is 79.9. The van der Waals surface area contributed by atoms with Crippen molar-refractivity contribution in [1.29, 1.82) is 0 Å². The van der Waals surface area contributed by atoms with Crippen molar-refractivity contribution in [3.63, 3.8) is 0 Å². The van der Waals surface area contributed by atoms with Crippen LogP contribution in [0, 0.1) is 6.92 Å². The van der Waals surface area contributed by atoms with E-state index in [9.17, 15) is 0 Å².